The molecule has 0 rings (SSSR count). The van der Waals surface area contributed by atoms with Gasteiger partial charge < -0.3 is 9.84 Å². The van der Waals surface area contributed by atoms with E-state index in [1.807, 2.05) is 13.8 Å². The first-order valence-corrected chi connectivity index (χ1v) is 3.16. The summed E-state index contributed by atoms with van der Waals surface area (Å²) in [6.45, 7) is 4.69. The minimum atomic E-state index is -0.0955. The molecule has 0 fully saturated rings. The Balaban J connectivity index is 0. The molecule has 0 aliphatic carbocycles. The van der Waals surface area contributed by atoms with Crippen molar-refractivity contribution in [3.05, 3.63) is 7.11 Å². The van der Waals surface area contributed by atoms with Gasteiger partial charge in [0.05, 0.1) is 6.61 Å². The zero-order valence-electron chi connectivity index (χ0n) is 6.89. The van der Waals surface area contributed by atoms with E-state index in [4.69, 9.17) is 5.11 Å². The SMILES string of the molecule is [CH2-]OCC(C)(CC)CO.[Rf]. The Morgan fingerprint density at radius 3 is 2.20 bits per heavy atom. The number of ether oxygens (including phenoxy) is 1. The first-order chi connectivity index (χ1) is 4.18. The Morgan fingerprint density at radius 2 is 2.10 bits per heavy atom. The molecule has 1 unspecified atom stereocenters. The first kappa shape index (κ1) is 11.7. The third-order valence-electron chi connectivity index (χ3n) is 1.69. The average molecular weight is 398 g/mol. The predicted molar refractivity (Wildman–Crippen MR) is 36.8 cm³/mol. The molecule has 0 aromatic heterocycles. The smallest absolute Gasteiger partial charge is 0.0505 e. The van der Waals surface area contributed by atoms with Crippen LogP contribution in [0.15, 0.2) is 0 Å². The minimum absolute atomic E-state index is 0. The third kappa shape index (κ3) is 3.05. The van der Waals surface area contributed by atoms with Crippen LogP contribution in [0.5, 0.6) is 0 Å². The van der Waals surface area contributed by atoms with Crippen molar-refractivity contribution in [1.29, 1.82) is 0 Å². The fraction of sp³-hybridized carbons (Fsp3) is 0.857. The number of hydrogen-bond acceptors (Lipinski definition) is 2. The zero-order chi connectivity index (χ0) is 7.33. The second kappa shape index (κ2) is 4.77. The molecule has 0 aliphatic heterocycles. The maximum absolute atomic E-state index is 8.81. The monoisotopic (exact) mass is 398 g/mol. The van der Waals surface area contributed by atoms with Crippen molar-refractivity contribution in [2.24, 2.45) is 5.41 Å². The van der Waals surface area contributed by atoms with Crippen molar-refractivity contribution < 1.29 is 9.84 Å². The summed E-state index contributed by atoms with van der Waals surface area (Å²) in [6, 6.07) is 0. The van der Waals surface area contributed by atoms with E-state index in [1.54, 1.807) is 0 Å². The van der Waals surface area contributed by atoms with E-state index in [-0.39, 0.29) is 12.0 Å². The Morgan fingerprint density at radius 1 is 1.60 bits per heavy atom. The summed E-state index contributed by atoms with van der Waals surface area (Å²) in [6.07, 6.45) is 0.916. The molecular weight excluding hydrogens is 383 g/mol. The van der Waals surface area contributed by atoms with Crippen LogP contribution in [0.25, 0.3) is 0 Å². The van der Waals surface area contributed by atoms with Gasteiger partial charge in [-0.3, -0.25) is 0 Å². The second-order valence-electron chi connectivity index (χ2n) is 2.67. The van der Waals surface area contributed by atoms with E-state index in [1.165, 1.54) is 0 Å². The van der Waals surface area contributed by atoms with Crippen molar-refractivity contribution >= 4 is 0 Å². The molecule has 0 bridgehead atoms. The molecule has 0 saturated carbocycles. The fourth-order valence-corrected chi connectivity index (χ4v) is 0.506. The van der Waals surface area contributed by atoms with Crippen LogP contribution in [-0.2, 0) is 4.74 Å². The molecule has 3 heteroatoms. The third-order valence-corrected chi connectivity index (χ3v) is 1.69. The zero-order valence-corrected chi connectivity index (χ0v) is 13.3. The van der Waals surface area contributed by atoms with Gasteiger partial charge in [-0.1, -0.05) is 13.8 Å². The largest absolute Gasteiger partial charge is 0.555 e. The number of aliphatic hydroxyl groups is 1. The molecule has 0 spiro atoms. The molecular formula is C7H15O2Rf-. The maximum Gasteiger partial charge on any atom is 0.0505 e. The summed E-state index contributed by atoms with van der Waals surface area (Å²) in [5.41, 5.74) is -0.0955. The maximum atomic E-state index is 8.81. The normalized spacial score (nSPS) is 15.6. The Labute approximate surface area is 56.8 Å². The molecule has 0 aliphatic rings. The van der Waals surface area contributed by atoms with Gasteiger partial charge in [-0.25, -0.2) is 7.11 Å². The molecule has 0 amide bonds. The van der Waals surface area contributed by atoms with E-state index in [9.17, 15) is 0 Å². The quantitative estimate of drug-likeness (QED) is 0.722. The molecule has 0 aromatic rings. The van der Waals surface area contributed by atoms with Crippen molar-refractivity contribution in [1.82, 2.24) is 0 Å². The van der Waals surface area contributed by atoms with Gasteiger partial charge in [0, 0.05) is 12.0 Å². The van der Waals surface area contributed by atoms with E-state index < -0.39 is 0 Å². The van der Waals surface area contributed by atoms with Gasteiger partial charge in [0.1, 0.15) is 0 Å². The number of aliphatic hydroxyl groups excluding tert-OH is 1. The van der Waals surface area contributed by atoms with Crippen LogP contribution >= 0.6 is 0 Å². The summed E-state index contributed by atoms with van der Waals surface area (Å²) in [5.74, 6) is 0. The van der Waals surface area contributed by atoms with Crippen LogP contribution < -0.4 is 0 Å². The van der Waals surface area contributed by atoms with Crippen LogP contribution in [-0.4, -0.2) is 18.3 Å². The molecule has 58 valence electrons. The Bertz CT molecular complexity index is 72.0. The topological polar surface area (TPSA) is 29.5 Å². The molecule has 0 saturated heterocycles. The average Bonchev–Trinajstić information content (AvgIpc) is 1.89. The second-order valence-corrected chi connectivity index (χ2v) is 2.67. The molecule has 2 nitrogen and oxygen atoms in total. The predicted octanol–water partition coefficient (Wildman–Crippen LogP) is 1.20. The van der Waals surface area contributed by atoms with Crippen LogP contribution in [0.3, 0.4) is 0 Å². The number of rotatable bonds is 4. The summed E-state index contributed by atoms with van der Waals surface area (Å²) in [4.78, 5) is 0. The fourth-order valence-electron chi connectivity index (χ4n) is 0.506. The summed E-state index contributed by atoms with van der Waals surface area (Å²) in [5, 5.41) is 8.81. The summed E-state index contributed by atoms with van der Waals surface area (Å²) < 4.78 is 4.68. The van der Waals surface area contributed by atoms with E-state index in [0.29, 0.717) is 6.61 Å². The summed E-state index contributed by atoms with van der Waals surface area (Å²) >= 11 is 0. The van der Waals surface area contributed by atoms with Gasteiger partial charge >= 0.3 is 0 Å². The molecule has 10 heavy (non-hydrogen) atoms. The van der Waals surface area contributed by atoms with Gasteiger partial charge in [-0.2, -0.15) is 0 Å². The van der Waals surface area contributed by atoms with Crippen LogP contribution in [0.1, 0.15) is 20.3 Å². The van der Waals surface area contributed by atoms with Gasteiger partial charge in [-0.15, -0.1) is 0 Å². The standard InChI is InChI=1S/C7H15O2.Rf/c1-4-7(2,5-8)6-9-3;/h8H,3-6H2,1-2H3;/q-1;. The Hall–Kier alpha value is -1.08. The molecule has 0 heterocycles. The van der Waals surface area contributed by atoms with Crippen LogP contribution in [0, 0.1) is 12.5 Å². The van der Waals surface area contributed by atoms with E-state index in [0.717, 1.165) is 6.42 Å². The minimum Gasteiger partial charge on any atom is -0.555 e. The van der Waals surface area contributed by atoms with Crippen LogP contribution in [0.2, 0.25) is 0 Å². The Kier molecular flexibility index (Phi) is 5.57. The van der Waals surface area contributed by atoms with Crippen molar-refractivity contribution in [3.8, 4) is 0 Å². The van der Waals surface area contributed by atoms with Crippen molar-refractivity contribution in [2.75, 3.05) is 13.2 Å². The van der Waals surface area contributed by atoms with Gasteiger partial charge in [-0.05, 0) is 6.42 Å². The van der Waals surface area contributed by atoms with Crippen molar-refractivity contribution in [3.63, 3.8) is 0 Å². The summed E-state index contributed by atoms with van der Waals surface area (Å²) in [7, 11) is 3.26. The van der Waals surface area contributed by atoms with E-state index in [2.05, 4.69) is 11.8 Å². The molecule has 1 atom stereocenters. The van der Waals surface area contributed by atoms with Gasteiger partial charge in [0.15, 0.2) is 0 Å². The van der Waals surface area contributed by atoms with Gasteiger partial charge in [0.25, 0.3) is 0 Å². The molecule has 1 N–H and O–H groups in total. The number of hydrogen-bond donors (Lipinski definition) is 1. The molecule has 0 radical (unpaired) electrons. The van der Waals surface area contributed by atoms with Crippen molar-refractivity contribution in [2.45, 2.75) is 20.3 Å². The van der Waals surface area contributed by atoms with Gasteiger partial charge in [0.2, 0.25) is 0 Å². The van der Waals surface area contributed by atoms with Crippen LogP contribution in [0.4, 0.5) is 0 Å². The first-order valence-electron chi connectivity index (χ1n) is 3.16. The van der Waals surface area contributed by atoms with E-state index >= 15 is 0 Å². The molecule has 0 aromatic carbocycles.